The van der Waals surface area contributed by atoms with Crippen LogP contribution in [-0.2, 0) is 4.79 Å². The fourth-order valence-electron chi connectivity index (χ4n) is 1.52. The van der Waals surface area contributed by atoms with Crippen LogP contribution in [0.25, 0.3) is 0 Å². The van der Waals surface area contributed by atoms with E-state index in [-0.39, 0.29) is 6.42 Å². The maximum absolute atomic E-state index is 10.3. The van der Waals surface area contributed by atoms with Gasteiger partial charge in [-0.1, -0.05) is 56.2 Å². The van der Waals surface area contributed by atoms with Crippen LogP contribution in [0.4, 0.5) is 0 Å². The number of unbranched alkanes of at least 4 members (excludes halogenated alkanes) is 3. The smallest absolute Gasteiger partial charge is 0.303 e. The van der Waals surface area contributed by atoms with Crippen molar-refractivity contribution in [2.75, 3.05) is 0 Å². The molecular weight excluding hydrogens is 240 g/mol. The second-order valence-corrected chi connectivity index (χ2v) is 4.52. The first-order valence-electron chi connectivity index (χ1n) is 7.05. The molecule has 1 atom stereocenters. The average Bonchev–Trinajstić information content (AvgIpc) is 2.37. The number of carboxylic acid groups (broad SMARTS) is 1. The molecule has 0 saturated heterocycles. The third kappa shape index (κ3) is 14.6. The lowest BCUT2D eigenvalue weighted by Crippen LogP contribution is -1.98. The van der Waals surface area contributed by atoms with Crippen LogP contribution < -0.4 is 0 Å². The Morgan fingerprint density at radius 3 is 2.58 bits per heavy atom. The lowest BCUT2D eigenvalue weighted by atomic mass is 10.1. The van der Waals surface area contributed by atoms with Gasteiger partial charge in [-0.25, -0.2) is 0 Å². The molecule has 0 aliphatic carbocycles. The van der Waals surface area contributed by atoms with Gasteiger partial charge in [-0.3, -0.25) is 4.79 Å². The normalized spacial score (nSPS) is 13.8. The van der Waals surface area contributed by atoms with Crippen molar-refractivity contribution in [3.63, 3.8) is 0 Å². The lowest BCUT2D eigenvalue weighted by molar-refractivity contribution is -0.136. The lowest BCUT2D eigenvalue weighted by Gasteiger charge is -1.99. The number of aliphatic carboxylic acids is 1. The van der Waals surface area contributed by atoms with E-state index in [1.165, 1.54) is 19.3 Å². The quantitative estimate of drug-likeness (QED) is 0.339. The van der Waals surface area contributed by atoms with Crippen LogP contribution in [0.5, 0.6) is 0 Å². The monoisotopic (exact) mass is 266 g/mol. The van der Waals surface area contributed by atoms with Crippen molar-refractivity contribution < 1.29 is 15.0 Å². The molecule has 0 rings (SSSR count). The van der Waals surface area contributed by atoms with E-state index < -0.39 is 12.1 Å². The maximum atomic E-state index is 10.3. The van der Waals surface area contributed by atoms with Gasteiger partial charge in [0.05, 0.1) is 6.10 Å². The number of carboxylic acids is 1. The predicted octanol–water partition coefficient (Wildman–Crippen LogP) is 3.85. The highest BCUT2D eigenvalue weighted by Crippen LogP contribution is 2.02. The molecule has 1 unspecified atom stereocenters. The summed E-state index contributed by atoms with van der Waals surface area (Å²) in [5.41, 5.74) is 0. The second-order valence-electron chi connectivity index (χ2n) is 4.52. The van der Waals surface area contributed by atoms with Crippen LogP contribution in [-0.4, -0.2) is 22.3 Å². The summed E-state index contributed by atoms with van der Waals surface area (Å²) in [6, 6.07) is 0. The topological polar surface area (TPSA) is 57.5 Å². The van der Waals surface area contributed by atoms with E-state index in [0.29, 0.717) is 12.8 Å². The minimum atomic E-state index is -0.790. The van der Waals surface area contributed by atoms with Gasteiger partial charge in [0.25, 0.3) is 0 Å². The van der Waals surface area contributed by atoms with Crippen molar-refractivity contribution in [1.29, 1.82) is 0 Å². The molecule has 0 aromatic carbocycles. The number of aliphatic hydroxyl groups excluding tert-OH is 1. The molecule has 0 bridgehead atoms. The van der Waals surface area contributed by atoms with Crippen molar-refractivity contribution in [1.82, 2.24) is 0 Å². The van der Waals surface area contributed by atoms with Gasteiger partial charge < -0.3 is 10.2 Å². The molecule has 0 aliphatic heterocycles. The summed E-state index contributed by atoms with van der Waals surface area (Å²) in [4.78, 5) is 10.3. The molecule has 0 aromatic heterocycles. The van der Waals surface area contributed by atoms with Crippen molar-refractivity contribution in [3.05, 3.63) is 36.5 Å². The molecule has 0 spiro atoms. The standard InChI is InChI=1S/C16H26O3/c1-2-3-4-5-6-9-12-15(17)13-10-7-8-11-14-16(18)19/h6-10,13,15,17H,2-5,11-12,14H2,1H3,(H,18,19)/b8-7+,9-6-,13-10-. The highest BCUT2D eigenvalue weighted by molar-refractivity contribution is 5.66. The van der Waals surface area contributed by atoms with Gasteiger partial charge in [0.15, 0.2) is 0 Å². The minimum Gasteiger partial charge on any atom is -0.481 e. The first kappa shape index (κ1) is 17.6. The molecule has 0 radical (unpaired) electrons. The number of allylic oxidation sites excluding steroid dienone is 4. The van der Waals surface area contributed by atoms with Crippen molar-refractivity contribution in [3.8, 4) is 0 Å². The molecule has 0 aromatic rings. The maximum Gasteiger partial charge on any atom is 0.303 e. The van der Waals surface area contributed by atoms with E-state index >= 15 is 0 Å². The van der Waals surface area contributed by atoms with Crippen LogP contribution in [0.1, 0.15) is 51.9 Å². The Morgan fingerprint density at radius 2 is 1.89 bits per heavy atom. The highest BCUT2D eigenvalue weighted by atomic mass is 16.4. The highest BCUT2D eigenvalue weighted by Gasteiger charge is 1.93. The summed E-state index contributed by atoms with van der Waals surface area (Å²) in [7, 11) is 0. The third-order valence-corrected chi connectivity index (χ3v) is 2.62. The van der Waals surface area contributed by atoms with E-state index in [1.54, 1.807) is 24.3 Å². The molecule has 0 saturated carbocycles. The van der Waals surface area contributed by atoms with Gasteiger partial charge in [-0.05, 0) is 25.7 Å². The van der Waals surface area contributed by atoms with Gasteiger partial charge in [-0.2, -0.15) is 0 Å². The Balaban J connectivity index is 3.61. The second kappa shape index (κ2) is 13.1. The molecule has 0 aliphatic rings. The Bertz CT molecular complexity index is 303. The molecule has 3 heteroatoms. The molecule has 0 fully saturated rings. The number of carbonyl (C=O) groups is 1. The van der Waals surface area contributed by atoms with Gasteiger partial charge >= 0.3 is 5.97 Å². The molecular formula is C16H26O3. The number of hydrogen-bond acceptors (Lipinski definition) is 2. The van der Waals surface area contributed by atoms with Gasteiger partial charge in [0.2, 0.25) is 0 Å². The number of rotatable bonds is 11. The summed E-state index contributed by atoms with van der Waals surface area (Å²) < 4.78 is 0. The summed E-state index contributed by atoms with van der Waals surface area (Å²) in [6.07, 6.45) is 16.8. The molecule has 19 heavy (non-hydrogen) atoms. The SMILES string of the molecule is CCCCC/C=C\CC(O)/C=C\C=C\CCC(=O)O. The van der Waals surface area contributed by atoms with Gasteiger partial charge in [0, 0.05) is 6.42 Å². The summed E-state index contributed by atoms with van der Waals surface area (Å²) >= 11 is 0. The largest absolute Gasteiger partial charge is 0.481 e. The third-order valence-electron chi connectivity index (χ3n) is 2.62. The zero-order valence-electron chi connectivity index (χ0n) is 11.8. The Morgan fingerprint density at radius 1 is 1.11 bits per heavy atom. The molecule has 2 N–H and O–H groups in total. The Kier molecular flexibility index (Phi) is 12.2. The summed E-state index contributed by atoms with van der Waals surface area (Å²) in [6.45, 7) is 2.18. The van der Waals surface area contributed by atoms with Crippen molar-refractivity contribution in [2.24, 2.45) is 0 Å². The minimum absolute atomic E-state index is 0.146. The van der Waals surface area contributed by atoms with E-state index in [9.17, 15) is 9.90 Å². The summed E-state index contributed by atoms with van der Waals surface area (Å²) in [5.74, 6) is -0.790. The van der Waals surface area contributed by atoms with E-state index in [1.807, 2.05) is 6.08 Å². The predicted molar refractivity (Wildman–Crippen MR) is 79.1 cm³/mol. The fraction of sp³-hybridized carbons (Fsp3) is 0.562. The average molecular weight is 266 g/mol. The number of hydrogen-bond donors (Lipinski definition) is 2. The van der Waals surface area contributed by atoms with Crippen LogP contribution in [0, 0.1) is 0 Å². The van der Waals surface area contributed by atoms with Crippen molar-refractivity contribution in [2.45, 2.75) is 58.0 Å². The number of aliphatic hydroxyl groups is 1. The Labute approximate surface area is 116 Å². The first-order chi connectivity index (χ1) is 9.16. The first-order valence-corrected chi connectivity index (χ1v) is 7.05. The van der Waals surface area contributed by atoms with E-state index in [0.717, 1.165) is 6.42 Å². The van der Waals surface area contributed by atoms with Crippen LogP contribution in [0.3, 0.4) is 0 Å². The molecule has 108 valence electrons. The zero-order valence-corrected chi connectivity index (χ0v) is 11.8. The molecule has 0 amide bonds. The van der Waals surface area contributed by atoms with Crippen LogP contribution in [0.2, 0.25) is 0 Å². The fourth-order valence-corrected chi connectivity index (χ4v) is 1.52. The van der Waals surface area contributed by atoms with Crippen molar-refractivity contribution >= 4 is 5.97 Å². The van der Waals surface area contributed by atoms with Crippen LogP contribution >= 0.6 is 0 Å². The van der Waals surface area contributed by atoms with Crippen LogP contribution in [0.15, 0.2) is 36.5 Å². The Hall–Kier alpha value is -1.35. The van der Waals surface area contributed by atoms with E-state index in [2.05, 4.69) is 13.0 Å². The van der Waals surface area contributed by atoms with Gasteiger partial charge in [0.1, 0.15) is 0 Å². The molecule has 0 heterocycles. The summed E-state index contributed by atoms with van der Waals surface area (Å²) in [5, 5.41) is 18.1. The zero-order chi connectivity index (χ0) is 14.3. The van der Waals surface area contributed by atoms with E-state index in [4.69, 9.17) is 5.11 Å². The molecule has 3 nitrogen and oxygen atoms in total. The van der Waals surface area contributed by atoms with Gasteiger partial charge in [-0.15, -0.1) is 0 Å².